The predicted molar refractivity (Wildman–Crippen MR) is 69.7 cm³/mol. The van der Waals surface area contributed by atoms with E-state index in [-0.39, 0.29) is 17.7 Å². The average Bonchev–Trinajstić information content (AvgIpc) is 3.08. The Balaban J connectivity index is 1.92. The van der Waals surface area contributed by atoms with Crippen molar-refractivity contribution in [2.45, 2.75) is 38.6 Å². The van der Waals surface area contributed by atoms with Gasteiger partial charge < -0.3 is 5.73 Å². The lowest BCUT2D eigenvalue weighted by atomic mass is 9.97. The zero-order valence-corrected chi connectivity index (χ0v) is 10.6. The van der Waals surface area contributed by atoms with Gasteiger partial charge in [-0.25, -0.2) is 0 Å². The molecule has 0 amide bonds. The van der Waals surface area contributed by atoms with Gasteiger partial charge in [0.1, 0.15) is 0 Å². The number of hydrogen-bond acceptors (Lipinski definition) is 2. The quantitative estimate of drug-likeness (QED) is 0.846. The van der Waals surface area contributed by atoms with Crippen molar-refractivity contribution in [1.29, 1.82) is 0 Å². The number of carbonyl (C=O) groups excluding carboxylic acids is 1. The van der Waals surface area contributed by atoms with E-state index in [1.54, 1.807) is 0 Å². The minimum Gasteiger partial charge on any atom is -0.321 e. The topological polar surface area (TPSA) is 43.1 Å². The first-order valence-electron chi connectivity index (χ1n) is 6.44. The summed E-state index contributed by atoms with van der Waals surface area (Å²) in [6.07, 6.45) is 1.78. The van der Waals surface area contributed by atoms with Crippen LogP contribution in [0.2, 0.25) is 0 Å². The highest BCUT2D eigenvalue weighted by Gasteiger charge is 2.45. The van der Waals surface area contributed by atoms with Crippen molar-refractivity contribution in [2.75, 3.05) is 0 Å². The largest absolute Gasteiger partial charge is 0.321 e. The summed E-state index contributed by atoms with van der Waals surface area (Å²) in [7, 11) is 0. The molecule has 0 heterocycles. The Labute approximate surface area is 103 Å². The third-order valence-electron chi connectivity index (χ3n) is 3.47. The summed E-state index contributed by atoms with van der Waals surface area (Å²) >= 11 is 0. The van der Waals surface area contributed by atoms with Gasteiger partial charge >= 0.3 is 0 Å². The predicted octanol–water partition coefficient (Wildman–Crippen LogP) is 2.73. The summed E-state index contributed by atoms with van der Waals surface area (Å²) in [5.74, 6) is 1.34. The lowest BCUT2D eigenvalue weighted by molar-refractivity contribution is -0.121. The molecule has 1 aromatic carbocycles. The SMILES string of the molecule is CC(C)CC(N)C(=O)C1CC1c1ccccc1. The van der Waals surface area contributed by atoms with Gasteiger partial charge in [0.25, 0.3) is 0 Å². The number of Topliss-reactive ketones (excluding diaryl/α,β-unsaturated/α-hetero) is 1. The monoisotopic (exact) mass is 231 g/mol. The van der Waals surface area contributed by atoms with Gasteiger partial charge in [0.05, 0.1) is 6.04 Å². The van der Waals surface area contributed by atoms with Gasteiger partial charge in [-0.15, -0.1) is 0 Å². The van der Waals surface area contributed by atoms with E-state index in [0.717, 1.165) is 12.8 Å². The van der Waals surface area contributed by atoms with Crippen LogP contribution in [0.25, 0.3) is 0 Å². The molecular formula is C15H21NO. The van der Waals surface area contributed by atoms with Crippen LogP contribution < -0.4 is 5.73 Å². The Hall–Kier alpha value is -1.15. The Morgan fingerprint density at radius 1 is 1.35 bits per heavy atom. The van der Waals surface area contributed by atoms with Crippen LogP contribution in [0.3, 0.4) is 0 Å². The molecule has 0 radical (unpaired) electrons. The molecule has 1 aliphatic rings. The van der Waals surface area contributed by atoms with Crippen LogP contribution >= 0.6 is 0 Å². The van der Waals surface area contributed by atoms with E-state index in [0.29, 0.717) is 11.8 Å². The van der Waals surface area contributed by atoms with E-state index < -0.39 is 0 Å². The standard InChI is InChI=1S/C15H21NO/c1-10(2)8-14(16)15(17)13-9-12(13)11-6-4-3-5-7-11/h3-7,10,12-14H,8-9,16H2,1-2H3. The molecule has 2 nitrogen and oxygen atoms in total. The maximum atomic E-state index is 12.1. The van der Waals surface area contributed by atoms with Crippen molar-refractivity contribution >= 4 is 5.78 Å². The van der Waals surface area contributed by atoms with Crippen molar-refractivity contribution in [3.05, 3.63) is 35.9 Å². The molecule has 1 fully saturated rings. The number of carbonyl (C=O) groups is 1. The van der Waals surface area contributed by atoms with E-state index in [4.69, 9.17) is 5.73 Å². The molecule has 3 unspecified atom stereocenters. The Kier molecular flexibility index (Phi) is 3.63. The van der Waals surface area contributed by atoms with Crippen molar-refractivity contribution in [3.63, 3.8) is 0 Å². The average molecular weight is 231 g/mol. The summed E-state index contributed by atoms with van der Waals surface area (Å²) in [5.41, 5.74) is 7.23. The van der Waals surface area contributed by atoms with E-state index in [1.165, 1.54) is 5.56 Å². The fourth-order valence-corrected chi connectivity index (χ4v) is 2.48. The van der Waals surface area contributed by atoms with Crippen LogP contribution in [0.1, 0.15) is 38.2 Å². The number of rotatable bonds is 5. The van der Waals surface area contributed by atoms with E-state index in [1.807, 2.05) is 18.2 Å². The van der Waals surface area contributed by atoms with E-state index in [2.05, 4.69) is 26.0 Å². The second-order valence-electron chi connectivity index (χ2n) is 5.50. The minimum absolute atomic E-state index is 0.172. The van der Waals surface area contributed by atoms with Crippen LogP contribution in [0.4, 0.5) is 0 Å². The Morgan fingerprint density at radius 2 is 2.00 bits per heavy atom. The summed E-state index contributed by atoms with van der Waals surface area (Å²) in [6.45, 7) is 4.21. The van der Waals surface area contributed by atoms with Crippen LogP contribution in [0.5, 0.6) is 0 Å². The lowest BCUT2D eigenvalue weighted by Gasteiger charge is -2.12. The molecule has 1 aromatic rings. The second kappa shape index (κ2) is 5.01. The highest BCUT2D eigenvalue weighted by atomic mass is 16.1. The van der Waals surface area contributed by atoms with Crippen molar-refractivity contribution in [2.24, 2.45) is 17.6 Å². The first-order valence-corrected chi connectivity index (χ1v) is 6.44. The molecule has 2 N–H and O–H groups in total. The number of hydrogen-bond donors (Lipinski definition) is 1. The molecule has 0 aromatic heterocycles. The maximum absolute atomic E-state index is 12.1. The van der Waals surface area contributed by atoms with Gasteiger partial charge in [-0.1, -0.05) is 44.2 Å². The Bertz CT molecular complexity index is 385. The molecular weight excluding hydrogens is 210 g/mol. The summed E-state index contributed by atoms with van der Waals surface area (Å²) in [4.78, 5) is 12.1. The summed E-state index contributed by atoms with van der Waals surface area (Å²) < 4.78 is 0. The molecule has 17 heavy (non-hydrogen) atoms. The molecule has 0 spiro atoms. The Morgan fingerprint density at radius 3 is 2.59 bits per heavy atom. The van der Waals surface area contributed by atoms with Crippen LogP contribution in [-0.4, -0.2) is 11.8 Å². The van der Waals surface area contributed by atoms with Crippen molar-refractivity contribution < 1.29 is 4.79 Å². The first kappa shape index (κ1) is 12.3. The second-order valence-corrected chi connectivity index (χ2v) is 5.50. The van der Waals surface area contributed by atoms with Crippen molar-refractivity contribution in [3.8, 4) is 0 Å². The molecule has 3 atom stereocenters. The van der Waals surface area contributed by atoms with Crippen molar-refractivity contribution in [1.82, 2.24) is 0 Å². The van der Waals surface area contributed by atoms with Gasteiger partial charge in [-0.2, -0.15) is 0 Å². The summed E-state index contributed by atoms with van der Waals surface area (Å²) in [6, 6.07) is 10.0. The van der Waals surface area contributed by atoms with E-state index in [9.17, 15) is 4.79 Å². The van der Waals surface area contributed by atoms with Crippen LogP contribution in [0.15, 0.2) is 30.3 Å². The molecule has 0 aliphatic heterocycles. The van der Waals surface area contributed by atoms with E-state index >= 15 is 0 Å². The number of benzene rings is 1. The highest BCUT2D eigenvalue weighted by Crippen LogP contribution is 2.48. The van der Waals surface area contributed by atoms with Gasteiger partial charge in [-0.05, 0) is 30.2 Å². The first-order chi connectivity index (χ1) is 8.09. The number of ketones is 1. The van der Waals surface area contributed by atoms with Gasteiger partial charge in [0, 0.05) is 5.92 Å². The third-order valence-corrected chi connectivity index (χ3v) is 3.47. The zero-order valence-electron chi connectivity index (χ0n) is 10.6. The molecule has 1 aliphatic carbocycles. The molecule has 0 saturated heterocycles. The molecule has 2 rings (SSSR count). The van der Waals surface area contributed by atoms with Crippen LogP contribution in [0, 0.1) is 11.8 Å². The normalized spacial score (nSPS) is 24.7. The molecule has 0 bridgehead atoms. The highest BCUT2D eigenvalue weighted by molar-refractivity contribution is 5.89. The molecule has 2 heteroatoms. The fourth-order valence-electron chi connectivity index (χ4n) is 2.48. The minimum atomic E-state index is -0.270. The molecule has 92 valence electrons. The van der Waals surface area contributed by atoms with Gasteiger partial charge in [-0.3, -0.25) is 4.79 Å². The summed E-state index contributed by atoms with van der Waals surface area (Å²) in [5, 5.41) is 0. The smallest absolute Gasteiger partial charge is 0.153 e. The van der Waals surface area contributed by atoms with Gasteiger partial charge in [0.2, 0.25) is 0 Å². The number of nitrogens with two attached hydrogens (primary N) is 1. The zero-order chi connectivity index (χ0) is 12.4. The molecule has 1 saturated carbocycles. The van der Waals surface area contributed by atoms with Gasteiger partial charge in [0.15, 0.2) is 5.78 Å². The maximum Gasteiger partial charge on any atom is 0.153 e. The lowest BCUT2D eigenvalue weighted by Crippen LogP contribution is -2.33. The van der Waals surface area contributed by atoms with Crippen LogP contribution in [-0.2, 0) is 4.79 Å². The third kappa shape index (κ3) is 2.95. The fraction of sp³-hybridized carbons (Fsp3) is 0.533.